The highest BCUT2D eigenvalue weighted by Crippen LogP contribution is 2.40. The van der Waals surface area contributed by atoms with Gasteiger partial charge in [-0.25, -0.2) is 9.78 Å². The Bertz CT molecular complexity index is 1300. The summed E-state index contributed by atoms with van der Waals surface area (Å²) in [6.07, 6.45) is 5.82. The van der Waals surface area contributed by atoms with Gasteiger partial charge in [0.2, 0.25) is 5.91 Å². The van der Waals surface area contributed by atoms with Crippen LogP contribution in [0.3, 0.4) is 0 Å². The fourth-order valence-corrected chi connectivity index (χ4v) is 7.81. The van der Waals surface area contributed by atoms with Crippen LogP contribution in [0.1, 0.15) is 51.0 Å². The number of carbonyl (C=O) groups excluding carboxylic acids is 2. The summed E-state index contributed by atoms with van der Waals surface area (Å²) in [5.41, 5.74) is 2.63. The third kappa shape index (κ3) is 3.68. The Labute approximate surface area is 197 Å². The first-order valence-electron chi connectivity index (χ1n) is 10.7. The van der Waals surface area contributed by atoms with E-state index in [2.05, 4.69) is 10.3 Å². The second-order valence-corrected chi connectivity index (χ2v) is 11.0. The fraction of sp³-hybridized carbons (Fsp3) is 0.455. The van der Waals surface area contributed by atoms with Crippen LogP contribution in [0.25, 0.3) is 10.2 Å². The van der Waals surface area contributed by atoms with Crippen molar-refractivity contribution in [3.63, 3.8) is 0 Å². The first-order valence-corrected chi connectivity index (χ1v) is 13.3. The first-order chi connectivity index (χ1) is 15.5. The van der Waals surface area contributed by atoms with Crippen LogP contribution in [0, 0.1) is 0 Å². The van der Waals surface area contributed by atoms with E-state index < -0.39 is 0 Å². The van der Waals surface area contributed by atoms with Crippen LogP contribution in [-0.2, 0) is 42.3 Å². The predicted molar refractivity (Wildman–Crippen MR) is 129 cm³/mol. The molecule has 0 saturated heterocycles. The van der Waals surface area contributed by atoms with E-state index in [1.54, 1.807) is 25.3 Å². The van der Waals surface area contributed by atoms with E-state index in [-0.39, 0.29) is 23.2 Å². The van der Waals surface area contributed by atoms with Crippen LogP contribution >= 0.6 is 34.4 Å². The van der Waals surface area contributed by atoms with E-state index in [1.807, 2.05) is 0 Å². The van der Waals surface area contributed by atoms with E-state index in [9.17, 15) is 14.4 Å². The molecule has 3 aromatic rings. The Balaban J connectivity index is 1.34. The summed E-state index contributed by atoms with van der Waals surface area (Å²) in [6.45, 7) is 2.07. The van der Waals surface area contributed by atoms with Gasteiger partial charge in [0.25, 0.3) is 5.56 Å². The highest BCUT2D eigenvalue weighted by molar-refractivity contribution is 7.99. The lowest BCUT2D eigenvalue weighted by Gasteiger charge is -2.09. The summed E-state index contributed by atoms with van der Waals surface area (Å²) < 4.78 is 6.76. The SMILES string of the molecule is CCOC(=O)c1c(NC(=O)CSc2nc3sc4c(c3c(=O)n2C)CCC4)sc2c1CCC2. The van der Waals surface area contributed by atoms with Crippen molar-refractivity contribution in [2.24, 2.45) is 7.05 Å². The van der Waals surface area contributed by atoms with E-state index >= 15 is 0 Å². The van der Waals surface area contributed by atoms with Crippen molar-refractivity contribution in [3.05, 3.63) is 36.8 Å². The number of rotatable bonds is 6. The molecule has 5 rings (SSSR count). The van der Waals surface area contributed by atoms with Crippen LogP contribution < -0.4 is 10.9 Å². The summed E-state index contributed by atoms with van der Waals surface area (Å²) in [5.74, 6) is -0.513. The Hall–Kier alpha value is -2.17. The monoisotopic (exact) mass is 489 g/mol. The van der Waals surface area contributed by atoms with E-state index in [4.69, 9.17) is 4.74 Å². The molecule has 0 unspecified atom stereocenters. The zero-order valence-electron chi connectivity index (χ0n) is 17.9. The molecule has 2 aliphatic carbocycles. The molecule has 1 N–H and O–H groups in total. The van der Waals surface area contributed by atoms with Crippen molar-refractivity contribution < 1.29 is 14.3 Å². The summed E-state index contributed by atoms with van der Waals surface area (Å²) in [6, 6.07) is 0. The lowest BCUT2D eigenvalue weighted by molar-refractivity contribution is -0.113. The topological polar surface area (TPSA) is 90.3 Å². The third-order valence-electron chi connectivity index (χ3n) is 5.89. The Kier molecular flexibility index (Phi) is 5.85. The molecule has 0 bridgehead atoms. The molecule has 0 spiro atoms. The molecular formula is C22H23N3O4S3. The molecule has 3 heterocycles. The fourth-order valence-electron chi connectivity index (χ4n) is 4.44. The molecule has 0 aliphatic heterocycles. The highest BCUT2D eigenvalue weighted by Gasteiger charge is 2.28. The van der Waals surface area contributed by atoms with Crippen molar-refractivity contribution in [3.8, 4) is 0 Å². The van der Waals surface area contributed by atoms with E-state index in [0.29, 0.717) is 22.3 Å². The number of aryl methyl sites for hydroxylation is 3. The Morgan fingerprint density at radius 2 is 1.84 bits per heavy atom. The molecule has 0 fully saturated rings. The number of ether oxygens (including phenoxy) is 1. The zero-order chi connectivity index (χ0) is 22.4. The molecule has 168 valence electrons. The standard InChI is InChI=1S/C22H23N3O4S3/c1-3-29-21(28)17-12-7-5-9-14(12)32-19(17)23-15(26)10-30-22-24-18-16(20(27)25(22)2)11-6-4-8-13(11)31-18/h3-10H2,1-2H3,(H,23,26). The molecule has 2 aliphatic rings. The number of hydrogen-bond donors (Lipinski definition) is 1. The minimum Gasteiger partial charge on any atom is -0.462 e. The summed E-state index contributed by atoms with van der Waals surface area (Å²) >= 11 is 4.29. The lowest BCUT2D eigenvalue weighted by atomic mass is 10.1. The number of aromatic nitrogens is 2. The number of nitrogens with zero attached hydrogens (tertiary/aromatic N) is 2. The van der Waals surface area contributed by atoms with Gasteiger partial charge in [-0.2, -0.15) is 0 Å². The predicted octanol–water partition coefficient (Wildman–Crippen LogP) is 3.94. The van der Waals surface area contributed by atoms with Crippen LogP contribution in [0.15, 0.2) is 9.95 Å². The molecule has 1 amide bonds. The Morgan fingerprint density at radius 3 is 2.59 bits per heavy atom. The van der Waals surface area contributed by atoms with Crippen molar-refractivity contribution in [2.75, 3.05) is 17.7 Å². The van der Waals surface area contributed by atoms with Gasteiger partial charge in [0.15, 0.2) is 5.16 Å². The van der Waals surface area contributed by atoms with Gasteiger partial charge in [-0.3, -0.25) is 14.2 Å². The number of thioether (sulfide) groups is 1. The first kappa shape index (κ1) is 21.7. The Morgan fingerprint density at radius 1 is 1.12 bits per heavy atom. The average molecular weight is 490 g/mol. The normalized spacial score (nSPS) is 14.6. The third-order valence-corrected chi connectivity index (χ3v) is 9.31. The maximum absolute atomic E-state index is 12.9. The second-order valence-electron chi connectivity index (χ2n) is 7.91. The number of esters is 1. The van der Waals surface area contributed by atoms with Crippen molar-refractivity contribution >= 4 is 61.5 Å². The summed E-state index contributed by atoms with van der Waals surface area (Å²) in [7, 11) is 1.71. The van der Waals surface area contributed by atoms with Gasteiger partial charge in [-0.15, -0.1) is 22.7 Å². The highest BCUT2D eigenvalue weighted by atomic mass is 32.2. The quantitative estimate of drug-likeness (QED) is 0.320. The van der Waals surface area contributed by atoms with Crippen LogP contribution in [0.5, 0.6) is 0 Å². The lowest BCUT2D eigenvalue weighted by Crippen LogP contribution is -2.21. The van der Waals surface area contributed by atoms with Gasteiger partial charge in [0.1, 0.15) is 9.83 Å². The minimum atomic E-state index is -0.380. The van der Waals surface area contributed by atoms with Gasteiger partial charge in [0.05, 0.1) is 23.3 Å². The molecule has 0 atom stereocenters. The van der Waals surface area contributed by atoms with Crippen molar-refractivity contribution in [1.82, 2.24) is 9.55 Å². The molecule has 0 saturated carbocycles. The van der Waals surface area contributed by atoms with Gasteiger partial charge in [-0.1, -0.05) is 11.8 Å². The smallest absolute Gasteiger partial charge is 0.341 e. The van der Waals surface area contributed by atoms with Crippen LogP contribution in [-0.4, -0.2) is 33.8 Å². The van der Waals surface area contributed by atoms with Crippen LogP contribution in [0.2, 0.25) is 0 Å². The molecule has 10 heteroatoms. The molecule has 7 nitrogen and oxygen atoms in total. The second kappa shape index (κ2) is 8.64. The number of nitrogens with one attached hydrogen (secondary N) is 1. The largest absolute Gasteiger partial charge is 0.462 e. The average Bonchev–Trinajstić information content (AvgIpc) is 3.50. The van der Waals surface area contributed by atoms with Crippen molar-refractivity contribution in [2.45, 2.75) is 50.6 Å². The number of fused-ring (bicyclic) bond motifs is 4. The molecule has 0 aromatic carbocycles. The molecular weight excluding hydrogens is 466 g/mol. The van der Waals surface area contributed by atoms with Gasteiger partial charge in [0, 0.05) is 16.8 Å². The maximum Gasteiger partial charge on any atom is 0.341 e. The zero-order valence-corrected chi connectivity index (χ0v) is 20.4. The molecule has 3 aromatic heterocycles. The summed E-state index contributed by atoms with van der Waals surface area (Å²) in [5, 5.41) is 4.73. The summed E-state index contributed by atoms with van der Waals surface area (Å²) in [4.78, 5) is 46.0. The van der Waals surface area contributed by atoms with Crippen LogP contribution in [0.4, 0.5) is 5.00 Å². The van der Waals surface area contributed by atoms with E-state index in [0.717, 1.165) is 64.7 Å². The van der Waals surface area contributed by atoms with Gasteiger partial charge in [-0.05, 0) is 56.6 Å². The number of anilines is 1. The molecule has 0 radical (unpaired) electrons. The van der Waals surface area contributed by atoms with Crippen molar-refractivity contribution in [1.29, 1.82) is 0 Å². The molecule has 32 heavy (non-hydrogen) atoms. The number of amides is 1. The minimum absolute atomic E-state index is 0.0448. The number of thiophene rings is 2. The van der Waals surface area contributed by atoms with Gasteiger partial charge < -0.3 is 10.1 Å². The van der Waals surface area contributed by atoms with Gasteiger partial charge >= 0.3 is 5.97 Å². The van der Waals surface area contributed by atoms with E-state index in [1.165, 1.54) is 32.5 Å². The number of hydrogen-bond acceptors (Lipinski definition) is 8. The maximum atomic E-state index is 12.9. The number of carbonyl (C=O) groups is 2.